The van der Waals surface area contributed by atoms with Crippen molar-refractivity contribution in [1.82, 2.24) is 0 Å². The summed E-state index contributed by atoms with van der Waals surface area (Å²) in [7, 11) is 3.21. The quantitative estimate of drug-likeness (QED) is 0.332. The van der Waals surface area contributed by atoms with E-state index < -0.39 is 0 Å². The lowest BCUT2D eigenvalue weighted by atomic mass is 10.2. The maximum atomic E-state index is 6.02. The Morgan fingerprint density at radius 3 is 2.52 bits per heavy atom. The first kappa shape index (κ1) is 22.9. The zero-order chi connectivity index (χ0) is 18.9. The molecule has 0 radical (unpaired) electrons. The number of nitrogens with one attached hydrogen (secondary N) is 1. The SMILES string of the molecule is COc1ccc(OC)c(NC(N)=NCc2cccc(OCC(C)C)c2)c1.I. The number of ether oxygens (including phenoxy) is 3. The Labute approximate surface area is 178 Å². The van der Waals surface area contributed by atoms with Crippen LogP contribution in [-0.2, 0) is 6.54 Å². The summed E-state index contributed by atoms with van der Waals surface area (Å²) < 4.78 is 16.3. The van der Waals surface area contributed by atoms with E-state index in [1.807, 2.05) is 42.5 Å². The highest BCUT2D eigenvalue weighted by atomic mass is 127. The highest BCUT2D eigenvalue weighted by Gasteiger charge is 2.06. The Bertz CT molecular complexity index is 751. The molecule has 0 aliphatic heterocycles. The molecule has 0 saturated heterocycles. The smallest absolute Gasteiger partial charge is 0.193 e. The molecule has 2 aromatic rings. The second kappa shape index (κ2) is 11.5. The summed E-state index contributed by atoms with van der Waals surface area (Å²) in [6, 6.07) is 13.3. The van der Waals surface area contributed by atoms with Gasteiger partial charge in [0.15, 0.2) is 5.96 Å². The molecule has 3 N–H and O–H groups in total. The van der Waals surface area contributed by atoms with E-state index in [-0.39, 0.29) is 24.0 Å². The number of methoxy groups -OCH3 is 2. The van der Waals surface area contributed by atoms with Crippen LogP contribution in [-0.4, -0.2) is 26.8 Å². The van der Waals surface area contributed by atoms with Gasteiger partial charge in [-0.15, -0.1) is 24.0 Å². The number of anilines is 1. The number of halogens is 1. The van der Waals surface area contributed by atoms with Gasteiger partial charge in [0, 0.05) is 6.07 Å². The summed E-state index contributed by atoms with van der Waals surface area (Å²) >= 11 is 0. The number of nitrogens with two attached hydrogens (primary N) is 1. The summed E-state index contributed by atoms with van der Waals surface area (Å²) in [5.74, 6) is 2.98. The molecule has 0 unspecified atom stereocenters. The highest BCUT2D eigenvalue weighted by molar-refractivity contribution is 14.0. The van der Waals surface area contributed by atoms with Gasteiger partial charge >= 0.3 is 0 Å². The molecule has 0 saturated carbocycles. The Morgan fingerprint density at radius 2 is 1.85 bits per heavy atom. The molecular formula is C20H28IN3O3. The Morgan fingerprint density at radius 1 is 1.07 bits per heavy atom. The monoisotopic (exact) mass is 485 g/mol. The second-order valence-electron chi connectivity index (χ2n) is 6.24. The van der Waals surface area contributed by atoms with E-state index in [0.29, 0.717) is 42.2 Å². The third-order valence-corrected chi connectivity index (χ3v) is 3.58. The lowest BCUT2D eigenvalue weighted by Gasteiger charge is -2.12. The number of hydrogen-bond acceptors (Lipinski definition) is 4. The first-order valence-electron chi connectivity index (χ1n) is 8.52. The molecule has 6 nitrogen and oxygen atoms in total. The minimum Gasteiger partial charge on any atom is -0.497 e. The predicted octanol–water partition coefficient (Wildman–Crippen LogP) is 4.28. The molecule has 0 bridgehead atoms. The van der Waals surface area contributed by atoms with Crippen LogP contribution in [0, 0.1) is 5.92 Å². The molecule has 0 heterocycles. The molecule has 2 aromatic carbocycles. The average molecular weight is 485 g/mol. The minimum atomic E-state index is 0. The summed E-state index contributed by atoms with van der Waals surface area (Å²) in [4.78, 5) is 4.39. The zero-order valence-corrected chi connectivity index (χ0v) is 18.5. The van der Waals surface area contributed by atoms with Crippen molar-refractivity contribution in [3.8, 4) is 17.2 Å². The molecule has 0 fully saturated rings. The normalized spacial score (nSPS) is 10.9. The molecule has 148 valence electrons. The van der Waals surface area contributed by atoms with Crippen molar-refractivity contribution in [2.24, 2.45) is 16.6 Å². The van der Waals surface area contributed by atoms with E-state index in [2.05, 4.69) is 24.2 Å². The van der Waals surface area contributed by atoms with Crippen molar-refractivity contribution in [3.63, 3.8) is 0 Å². The minimum absolute atomic E-state index is 0. The van der Waals surface area contributed by atoms with Gasteiger partial charge in [-0.3, -0.25) is 0 Å². The van der Waals surface area contributed by atoms with Crippen molar-refractivity contribution < 1.29 is 14.2 Å². The standard InChI is InChI=1S/C20H27N3O3.HI/c1-14(2)13-26-17-7-5-6-15(10-17)12-22-20(21)23-18-11-16(24-3)8-9-19(18)25-4;/h5-11,14H,12-13H2,1-4H3,(H3,21,22,23);1H. The molecule has 27 heavy (non-hydrogen) atoms. The average Bonchev–Trinajstić information content (AvgIpc) is 2.65. The second-order valence-corrected chi connectivity index (χ2v) is 6.24. The molecule has 0 atom stereocenters. The molecule has 2 rings (SSSR count). The van der Waals surface area contributed by atoms with Gasteiger partial charge in [0.2, 0.25) is 0 Å². The van der Waals surface area contributed by atoms with Gasteiger partial charge in [0.1, 0.15) is 17.2 Å². The van der Waals surface area contributed by atoms with Crippen LogP contribution >= 0.6 is 24.0 Å². The van der Waals surface area contributed by atoms with Crippen molar-refractivity contribution >= 4 is 35.6 Å². The highest BCUT2D eigenvalue weighted by Crippen LogP contribution is 2.28. The molecule has 0 amide bonds. The largest absolute Gasteiger partial charge is 0.497 e. The number of hydrogen-bond donors (Lipinski definition) is 2. The van der Waals surface area contributed by atoms with Crippen molar-refractivity contribution in [2.45, 2.75) is 20.4 Å². The summed E-state index contributed by atoms with van der Waals surface area (Å²) in [6.07, 6.45) is 0. The van der Waals surface area contributed by atoms with E-state index in [1.54, 1.807) is 14.2 Å². The number of aliphatic imine (C=N–C) groups is 1. The number of benzene rings is 2. The summed E-state index contributed by atoms with van der Waals surface area (Å²) in [5, 5.41) is 3.05. The van der Waals surface area contributed by atoms with Crippen molar-refractivity contribution in [3.05, 3.63) is 48.0 Å². The molecule has 0 spiro atoms. The topological polar surface area (TPSA) is 78.1 Å². The third-order valence-electron chi connectivity index (χ3n) is 3.58. The van der Waals surface area contributed by atoms with E-state index in [0.717, 1.165) is 11.3 Å². The number of guanidine groups is 1. The van der Waals surface area contributed by atoms with Gasteiger partial charge in [-0.2, -0.15) is 0 Å². The van der Waals surface area contributed by atoms with E-state index in [1.165, 1.54) is 0 Å². The summed E-state index contributed by atoms with van der Waals surface area (Å²) in [6.45, 7) is 5.37. The molecular weight excluding hydrogens is 457 g/mol. The van der Waals surface area contributed by atoms with Gasteiger partial charge in [-0.05, 0) is 35.7 Å². The van der Waals surface area contributed by atoms with Crippen LogP contribution in [0.5, 0.6) is 17.2 Å². The first-order chi connectivity index (χ1) is 12.5. The van der Waals surface area contributed by atoms with E-state index in [9.17, 15) is 0 Å². The fraction of sp³-hybridized carbons (Fsp3) is 0.350. The Hall–Kier alpha value is -2.16. The van der Waals surface area contributed by atoms with Crippen LogP contribution in [0.2, 0.25) is 0 Å². The van der Waals surface area contributed by atoms with Gasteiger partial charge in [0.25, 0.3) is 0 Å². The van der Waals surface area contributed by atoms with Crippen LogP contribution in [0.15, 0.2) is 47.5 Å². The fourth-order valence-corrected chi connectivity index (χ4v) is 2.26. The zero-order valence-electron chi connectivity index (χ0n) is 16.2. The third kappa shape index (κ3) is 7.54. The van der Waals surface area contributed by atoms with E-state index in [4.69, 9.17) is 19.9 Å². The van der Waals surface area contributed by atoms with Crippen LogP contribution in [0.1, 0.15) is 19.4 Å². The van der Waals surface area contributed by atoms with Gasteiger partial charge in [-0.1, -0.05) is 26.0 Å². The van der Waals surface area contributed by atoms with Gasteiger partial charge in [0.05, 0.1) is 33.1 Å². The van der Waals surface area contributed by atoms with Crippen LogP contribution in [0.25, 0.3) is 0 Å². The lowest BCUT2D eigenvalue weighted by Crippen LogP contribution is -2.23. The Kier molecular flexibility index (Phi) is 9.77. The molecule has 0 aliphatic rings. The first-order valence-corrected chi connectivity index (χ1v) is 8.52. The van der Waals surface area contributed by atoms with Crippen LogP contribution in [0.4, 0.5) is 5.69 Å². The van der Waals surface area contributed by atoms with Gasteiger partial charge in [-0.25, -0.2) is 4.99 Å². The van der Waals surface area contributed by atoms with Gasteiger partial charge < -0.3 is 25.3 Å². The van der Waals surface area contributed by atoms with Crippen molar-refractivity contribution in [1.29, 1.82) is 0 Å². The summed E-state index contributed by atoms with van der Waals surface area (Å²) in [5.41, 5.74) is 7.73. The van der Waals surface area contributed by atoms with Crippen molar-refractivity contribution in [2.75, 3.05) is 26.1 Å². The Balaban J connectivity index is 0.00000364. The predicted molar refractivity (Wildman–Crippen MR) is 121 cm³/mol. The van der Waals surface area contributed by atoms with Crippen LogP contribution in [0.3, 0.4) is 0 Å². The maximum absolute atomic E-state index is 6.02. The molecule has 0 aromatic heterocycles. The molecule has 7 heteroatoms. The number of rotatable bonds is 8. The fourth-order valence-electron chi connectivity index (χ4n) is 2.26. The van der Waals surface area contributed by atoms with Crippen LogP contribution < -0.4 is 25.3 Å². The maximum Gasteiger partial charge on any atom is 0.193 e. The molecule has 0 aliphatic carbocycles. The van der Waals surface area contributed by atoms with E-state index >= 15 is 0 Å². The number of nitrogens with zero attached hydrogens (tertiary/aromatic N) is 1. The lowest BCUT2D eigenvalue weighted by molar-refractivity contribution is 0.271.